The molecule has 8 heterocycles. The lowest BCUT2D eigenvalue weighted by molar-refractivity contribution is -0.110. The number of amides is 3. The molecule has 408 valence electrons. The zero-order chi connectivity index (χ0) is 54.6. The summed E-state index contributed by atoms with van der Waals surface area (Å²) in [6.45, 7) is 21.2. The molecule has 3 aromatic heterocycles. The smallest absolute Gasteiger partial charge is 0.410 e. The normalized spacial score (nSPS) is 20.2. The first-order valence-electron chi connectivity index (χ1n) is 27.0. The molecule has 5 aliphatic heterocycles. The summed E-state index contributed by atoms with van der Waals surface area (Å²) in [5, 5.41) is 9.39. The van der Waals surface area contributed by atoms with E-state index in [9.17, 15) is 18.8 Å². The van der Waals surface area contributed by atoms with E-state index in [2.05, 4.69) is 55.5 Å². The molecule has 3 amide bonds. The Kier molecular flexibility index (Phi) is 16.7. The Morgan fingerprint density at radius 2 is 1.42 bits per heavy atom. The molecule has 10 rings (SSSR count). The summed E-state index contributed by atoms with van der Waals surface area (Å²) < 4.78 is 43.9. The average molecular weight is 1070 g/mol. The molecule has 0 aliphatic carbocycles. The largest absolute Gasteiger partial charge is 0.444 e. The lowest BCUT2D eigenvalue weighted by Gasteiger charge is -2.40. The summed E-state index contributed by atoms with van der Waals surface area (Å²) in [6, 6.07) is 18.4. The average Bonchev–Trinajstić information content (AvgIpc) is 4.23. The number of aromatic nitrogens is 4. The van der Waals surface area contributed by atoms with Crippen LogP contribution in [-0.4, -0.2) is 120 Å². The molecule has 0 saturated carbocycles. The minimum Gasteiger partial charge on any atom is -0.444 e. The third kappa shape index (κ3) is 13.5. The molecule has 3 N–H and O–H groups in total. The van der Waals surface area contributed by atoms with E-state index in [4.69, 9.17) is 14.5 Å². The number of fused-ring (bicyclic) bond motifs is 2. The summed E-state index contributed by atoms with van der Waals surface area (Å²) in [4.78, 5) is 63.3. The van der Waals surface area contributed by atoms with Gasteiger partial charge in [0.1, 0.15) is 29.7 Å². The van der Waals surface area contributed by atoms with Crippen molar-refractivity contribution in [3.8, 4) is 11.3 Å². The van der Waals surface area contributed by atoms with E-state index in [0.717, 1.165) is 73.2 Å². The van der Waals surface area contributed by atoms with E-state index in [1.807, 2.05) is 69.9 Å². The number of rotatable bonds is 13. The van der Waals surface area contributed by atoms with E-state index in [0.29, 0.717) is 84.7 Å². The van der Waals surface area contributed by atoms with Crippen molar-refractivity contribution < 1.29 is 32.6 Å². The molecule has 4 unspecified atom stereocenters. The van der Waals surface area contributed by atoms with Gasteiger partial charge in [0, 0.05) is 101 Å². The fourth-order valence-electron chi connectivity index (χ4n) is 10.9. The fourth-order valence-corrected chi connectivity index (χ4v) is 11.7. The van der Waals surface area contributed by atoms with Gasteiger partial charge in [-0.3, -0.25) is 19.6 Å². The van der Waals surface area contributed by atoms with Gasteiger partial charge in [0.25, 0.3) is 11.8 Å². The van der Waals surface area contributed by atoms with Crippen molar-refractivity contribution in [1.82, 2.24) is 29.7 Å². The number of aliphatic imine (C=N–C) groups is 1. The van der Waals surface area contributed by atoms with Crippen molar-refractivity contribution >= 4 is 60.1 Å². The molecule has 5 aromatic rings. The molecule has 16 nitrogen and oxygen atoms in total. The van der Waals surface area contributed by atoms with Crippen LogP contribution in [0.25, 0.3) is 17.0 Å². The standard InChI is InChI=1S/C34H47FN6O4Si.C24H26FN5O/c1-23-19-25(11-14-36-23)28-20-40(22-44-17-18-46(5,6)7)31(37-28)32(42)38-27-10-8-9-26(35)30(27)39-15-12-24-13-16-41(29(24)21-39)33(43)45-34(2,3)4;1-15-13-17(8-10-26-15)19-5-6-21(28-19)24(31)29-20-4-2-3-18(25)23(20)30-12-9-16-7-11-27-22(16)14-30/h8-11,14,19-20,24,29H,12-13,15-18,21-22H2,1-7H3,(H,38,42);2-5,8,10,13,16,22,27H,6-7,9,11-12,14H2,1H3,(H,29,31). The van der Waals surface area contributed by atoms with Crippen molar-refractivity contribution in [1.29, 1.82) is 0 Å². The number of ether oxygens (including phenoxy) is 2. The Bertz CT molecular complexity index is 3040. The third-order valence-corrected chi connectivity index (χ3v) is 16.6. The first kappa shape index (κ1) is 54.9. The maximum Gasteiger partial charge on any atom is 0.410 e. The van der Waals surface area contributed by atoms with Crippen LogP contribution in [0.1, 0.15) is 80.4 Å². The highest BCUT2D eigenvalue weighted by atomic mass is 28.3. The van der Waals surface area contributed by atoms with Crippen molar-refractivity contribution in [3.05, 3.63) is 120 Å². The second-order valence-corrected chi connectivity index (χ2v) is 28.7. The number of likely N-dealkylation sites (tertiary alicyclic amines) is 1. The van der Waals surface area contributed by atoms with Crippen molar-refractivity contribution in [2.24, 2.45) is 16.8 Å². The highest BCUT2D eigenvalue weighted by Crippen LogP contribution is 2.39. The summed E-state index contributed by atoms with van der Waals surface area (Å²) in [7, 11) is -1.30. The third-order valence-electron chi connectivity index (χ3n) is 14.9. The maximum absolute atomic E-state index is 15.6. The fraction of sp³-hybridized carbons (Fsp3) is 0.466. The van der Waals surface area contributed by atoms with Gasteiger partial charge in [0.2, 0.25) is 5.82 Å². The molecule has 5 aliphatic rings. The number of aryl methyl sites for hydroxylation is 2. The van der Waals surface area contributed by atoms with E-state index in [1.54, 1.807) is 52.3 Å². The van der Waals surface area contributed by atoms with Gasteiger partial charge in [-0.15, -0.1) is 0 Å². The number of imidazole rings is 1. The zero-order valence-electron chi connectivity index (χ0n) is 45.7. The van der Waals surface area contributed by atoms with Gasteiger partial charge in [0.05, 0.1) is 40.2 Å². The van der Waals surface area contributed by atoms with Gasteiger partial charge >= 0.3 is 6.09 Å². The summed E-state index contributed by atoms with van der Waals surface area (Å²) in [5.41, 5.74) is 6.35. The number of pyridine rings is 2. The Morgan fingerprint density at radius 3 is 2.08 bits per heavy atom. The molecule has 0 spiro atoms. The summed E-state index contributed by atoms with van der Waals surface area (Å²) >= 11 is 0. The van der Waals surface area contributed by atoms with Crippen LogP contribution in [0.2, 0.25) is 25.7 Å². The molecule has 0 bridgehead atoms. The van der Waals surface area contributed by atoms with Gasteiger partial charge in [-0.05, 0) is 133 Å². The quantitative estimate of drug-likeness (QED) is 0.0757. The summed E-state index contributed by atoms with van der Waals surface area (Å²) in [6.07, 6.45) is 11.2. The van der Waals surface area contributed by atoms with Crippen LogP contribution < -0.4 is 25.8 Å². The SMILES string of the molecule is Cc1cc(-c2cn(COCC[Si](C)(C)C)c(C(=O)Nc3cccc(F)c3N3CCC4CCN(C(=O)OC(C)(C)C)C4C3)n2)ccn1.Cc1cc(C2=CCC(C(=O)Nc3cccc(F)c3N3CCC4CCNC4C3)=N2)ccn1. The van der Waals surface area contributed by atoms with Gasteiger partial charge in [0.15, 0.2) is 0 Å². The number of para-hydroxylation sites is 2. The number of nitrogens with zero attached hydrogens (tertiary/aromatic N) is 8. The second kappa shape index (κ2) is 23.4. The van der Waals surface area contributed by atoms with Crippen LogP contribution in [-0.2, 0) is 21.0 Å². The first-order valence-corrected chi connectivity index (χ1v) is 30.7. The number of piperidine rings is 2. The summed E-state index contributed by atoms with van der Waals surface area (Å²) in [5.74, 6) is -0.370. The molecule has 4 saturated heterocycles. The number of halogens is 2. The van der Waals surface area contributed by atoms with Crippen LogP contribution in [0.4, 0.5) is 36.3 Å². The Labute approximate surface area is 451 Å². The number of allylic oxidation sites excluding steroid dienone is 1. The number of benzene rings is 2. The topological polar surface area (TPSA) is 171 Å². The van der Waals surface area contributed by atoms with Crippen LogP contribution in [0, 0.1) is 37.3 Å². The predicted molar refractivity (Wildman–Crippen MR) is 301 cm³/mol. The zero-order valence-corrected chi connectivity index (χ0v) is 46.7. The van der Waals surface area contributed by atoms with Gasteiger partial charge in [-0.25, -0.2) is 23.6 Å². The highest BCUT2D eigenvalue weighted by Gasteiger charge is 2.43. The Balaban J connectivity index is 0.000000202. The lowest BCUT2D eigenvalue weighted by atomic mass is 9.91. The number of anilines is 4. The Hall–Kier alpha value is -6.83. The van der Waals surface area contributed by atoms with E-state index in [1.165, 1.54) is 18.6 Å². The number of carbonyl (C=O) groups is 3. The van der Waals surface area contributed by atoms with Crippen LogP contribution in [0.3, 0.4) is 0 Å². The second-order valence-electron chi connectivity index (χ2n) is 23.0. The minimum atomic E-state index is -1.30. The molecular weight excluding hydrogens is 997 g/mol. The minimum absolute atomic E-state index is 0.106. The van der Waals surface area contributed by atoms with Gasteiger partial charge in [-0.2, -0.15) is 0 Å². The molecule has 4 atom stereocenters. The first-order chi connectivity index (χ1) is 36.8. The molecule has 77 heavy (non-hydrogen) atoms. The number of carbonyl (C=O) groups excluding carboxylic acids is 3. The van der Waals surface area contributed by atoms with E-state index < -0.39 is 25.4 Å². The van der Waals surface area contributed by atoms with Crippen LogP contribution >= 0.6 is 0 Å². The maximum atomic E-state index is 15.6. The number of hydrogen-bond acceptors (Lipinski definition) is 12. The monoisotopic (exact) mass is 1070 g/mol. The molecule has 4 fully saturated rings. The van der Waals surface area contributed by atoms with Crippen LogP contribution in [0.15, 0.2) is 90.3 Å². The molecule has 19 heteroatoms. The van der Waals surface area contributed by atoms with Crippen molar-refractivity contribution in [2.75, 3.05) is 66.3 Å². The van der Waals surface area contributed by atoms with Gasteiger partial charge in [-0.1, -0.05) is 37.8 Å². The van der Waals surface area contributed by atoms with E-state index in [-0.39, 0.29) is 36.4 Å². The van der Waals surface area contributed by atoms with Gasteiger partial charge < -0.3 is 44.7 Å². The lowest BCUT2D eigenvalue weighted by Crippen LogP contribution is -2.51. The number of nitrogens with one attached hydrogen (secondary N) is 3. The van der Waals surface area contributed by atoms with Crippen molar-refractivity contribution in [2.45, 2.75) is 117 Å². The highest BCUT2D eigenvalue weighted by molar-refractivity contribution is 6.76. The van der Waals surface area contributed by atoms with Crippen molar-refractivity contribution in [3.63, 3.8) is 0 Å². The molecule has 2 aromatic carbocycles. The molecule has 0 radical (unpaired) electrons. The Morgan fingerprint density at radius 1 is 0.792 bits per heavy atom. The van der Waals surface area contributed by atoms with Crippen LogP contribution in [0.5, 0.6) is 0 Å². The molecular formula is C58H73F2N11O5Si. The number of hydrogen-bond donors (Lipinski definition) is 3. The van der Waals surface area contributed by atoms with E-state index >= 15 is 4.39 Å². The predicted octanol–water partition coefficient (Wildman–Crippen LogP) is 10.3.